The van der Waals surface area contributed by atoms with Gasteiger partial charge in [0.05, 0.1) is 24.0 Å². The smallest absolute Gasteiger partial charge is 0.241 e. The van der Waals surface area contributed by atoms with E-state index < -0.39 is 22.5 Å². The second-order valence-corrected chi connectivity index (χ2v) is 8.33. The van der Waals surface area contributed by atoms with Crippen LogP contribution in [0.2, 0.25) is 0 Å². The molecule has 8 heteroatoms. The second kappa shape index (κ2) is 9.48. The highest BCUT2D eigenvalue weighted by atomic mass is 32.2. The van der Waals surface area contributed by atoms with Crippen LogP contribution in [0.5, 0.6) is 0 Å². The molecule has 3 N–H and O–H groups in total. The largest absolute Gasteiger partial charge is 0.348 e. The Kier molecular flexibility index (Phi) is 7.31. The zero-order chi connectivity index (χ0) is 20.7. The van der Waals surface area contributed by atoms with Crippen LogP contribution in [-0.4, -0.2) is 33.3 Å². The van der Waals surface area contributed by atoms with Crippen LogP contribution in [0.15, 0.2) is 53.4 Å². The van der Waals surface area contributed by atoms with Crippen molar-refractivity contribution in [3.05, 3.63) is 65.2 Å². The minimum atomic E-state index is -3.78. The molecule has 28 heavy (non-hydrogen) atoms. The van der Waals surface area contributed by atoms with Gasteiger partial charge in [-0.15, -0.1) is 0 Å². The molecule has 0 aromatic heterocycles. The molecule has 7 nitrogen and oxygen atoms in total. The lowest BCUT2D eigenvalue weighted by Crippen LogP contribution is -2.42. The van der Waals surface area contributed by atoms with E-state index in [1.165, 1.54) is 12.1 Å². The summed E-state index contributed by atoms with van der Waals surface area (Å²) in [4.78, 5) is 24.0. The van der Waals surface area contributed by atoms with Crippen molar-refractivity contribution in [2.24, 2.45) is 0 Å². The van der Waals surface area contributed by atoms with Gasteiger partial charge in [0, 0.05) is 0 Å². The first-order valence-corrected chi connectivity index (χ1v) is 10.4. The zero-order valence-corrected chi connectivity index (χ0v) is 17.0. The van der Waals surface area contributed by atoms with Gasteiger partial charge in [-0.3, -0.25) is 9.59 Å². The van der Waals surface area contributed by atoms with Crippen molar-refractivity contribution in [3.8, 4) is 0 Å². The van der Waals surface area contributed by atoms with Gasteiger partial charge in [-0.05, 0) is 44.0 Å². The molecule has 0 aliphatic heterocycles. The van der Waals surface area contributed by atoms with Crippen molar-refractivity contribution in [2.75, 3.05) is 13.1 Å². The molecular formula is C20H25N3O4S. The Balaban J connectivity index is 1.79. The summed E-state index contributed by atoms with van der Waals surface area (Å²) >= 11 is 0. The predicted molar refractivity (Wildman–Crippen MR) is 107 cm³/mol. The van der Waals surface area contributed by atoms with Gasteiger partial charge in [-0.1, -0.05) is 42.0 Å². The average Bonchev–Trinajstić information content (AvgIpc) is 2.65. The molecule has 0 aliphatic rings. The third-order valence-corrected chi connectivity index (χ3v) is 5.65. The first-order valence-electron chi connectivity index (χ1n) is 8.87. The molecule has 0 fully saturated rings. The molecule has 2 aromatic carbocycles. The van der Waals surface area contributed by atoms with Crippen LogP contribution in [0.3, 0.4) is 0 Å². The molecule has 0 aliphatic carbocycles. The van der Waals surface area contributed by atoms with Gasteiger partial charge >= 0.3 is 0 Å². The maximum Gasteiger partial charge on any atom is 0.241 e. The fourth-order valence-corrected chi connectivity index (χ4v) is 3.63. The number of carbonyl (C=O) groups excluding carboxylic acids is 2. The van der Waals surface area contributed by atoms with E-state index in [1.807, 2.05) is 45.0 Å². The first kappa shape index (κ1) is 21.6. The Morgan fingerprint density at radius 3 is 2.21 bits per heavy atom. The first-order chi connectivity index (χ1) is 13.2. The monoisotopic (exact) mass is 403 g/mol. The molecule has 0 spiro atoms. The molecule has 2 rings (SSSR count). The zero-order valence-electron chi connectivity index (χ0n) is 16.2. The van der Waals surface area contributed by atoms with Gasteiger partial charge in [-0.25, -0.2) is 13.1 Å². The number of sulfonamides is 1. The van der Waals surface area contributed by atoms with Crippen molar-refractivity contribution in [1.82, 2.24) is 15.4 Å². The van der Waals surface area contributed by atoms with Gasteiger partial charge < -0.3 is 10.6 Å². The molecule has 0 radical (unpaired) electrons. The number of benzene rings is 2. The molecule has 0 heterocycles. The minimum absolute atomic E-state index is 0.0794. The topological polar surface area (TPSA) is 104 Å². The van der Waals surface area contributed by atoms with Crippen LogP contribution < -0.4 is 15.4 Å². The van der Waals surface area contributed by atoms with Crippen molar-refractivity contribution < 1.29 is 18.0 Å². The highest BCUT2D eigenvalue weighted by molar-refractivity contribution is 7.89. The van der Waals surface area contributed by atoms with Gasteiger partial charge in [-0.2, -0.15) is 0 Å². The minimum Gasteiger partial charge on any atom is -0.348 e. The summed E-state index contributed by atoms with van der Waals surface area (Å²) in [6, 6.07) is 13.8. The second-order valence-electron chi connectivity index (χ2n) is 6.56. The van der Waals surface area contributed by atoms with Crippen molar-refractivity contribution in [3.63, 3.8) is 0 Å². The summed E-state index contributed by atoms with van der Waals surface area (Å²) in [6.07, 6.45) is 0. The predicted octanol–water partition coefficient (Wildman–Crippen LogP) is 1.58. The molecule has 150 valence electrons. The van der Waals surface area contributed by atoms with Gasteiger partial charge in [0.1, 0.15) is 0 Å². The van der Waals surface area contributed by atoms with Gasteiger partial charge in [0.25, 0.3) is 0 Å². The highest BCUT2D eigenvalue weighted by Crippen LogP contribution is 2.16. The Morgan fingerprint density at radius 1 is 0.929 bits per heavy atom. The lowest BCUT2D eigenvalue weighted by Gasteiger charge is -2.16. The number of aryl methyl sites for hydroxylation is 2. The molecule has 2 amide bonds. The summed E-state index contributed by atoms with van der Waals surface area (Å²) in [5, 5.41) is 5.21. The Labute approximate surface area is 165 Å². The van der Waals surface area contributed by atoms with Crippen LogP contribution in [0, 0.1) is 13.8 Å². The fourth-order valence-electron chi connectivity index (χ4n) is 2.65. The normalized spacial score (nSPS) is 12.2. The van der Waals surface area contributed by atoms with Crippen molar-refractivity contribution >= 4 is 21.8 Å². The van der Waals surface area contributed by atoms with E-state index in [1.54, 1.807) is 12.1 Å². The number of hydrogen-bond donors (Lipinski definition) is 3. The number of amides is 2. The van der Waals surface area contributed by atoms with E-state index in [0.29, 0.717) is 0 Å². The van der Waals surface area contributed by atoms with Gasteiger partial charge in [0.2, 0.25) is 21.8 Å². The van der Waals surface area contributed by atoms with E-state index in [9.17, 15) is 18.0 Å². The number of carbonyl (C=O) groups is 2. The summed E-state index contributed by atoms with van der Waals surface area (Å²) in [5.41, 5.74) is 2.99. The summed E-state index contributed by atoms with van der Waals surface area (Å²) in [6.45, 7) is 4.98. The molecule has 0 bridgehead atoms. The summed E-state index contributed by atoms with van der Waals surface area (Å²) in [5.74, 6) is -0.945. The van der Waals surface area contributed by atoms with Crippen LogP contribution in [0.1, 0.15) is 29.7 Å². The Morgan fingerprint density at radius 2 is 1.57 bits per heavy atom. The van der Waals surface area contributed by atoms with Crippen LogP contribution >= 0.6 is 0 Å². The fraction of sp³-hybridized carbons (Fsp3) is 0.300. The number of nitrogens with one attached hydrogen (secondary N) is 3. The number of hydrogen-bond acceptors (Lipinski definition) is 4. The lowest BCUT2D eigenvalue weighted by molar-refractivity contribution is -0.125. The molecule has 2 aromatic rings. The summed E-state index contributed by atoms with van der Waals surface area (Å²) < 4.78 is 26.5. The van der Waals surface area contributed by atoms with Crippen molar-refractivity contribution in [2.45, 2.75) is 31.7 Å². The Bertz CT molecular complexity index is 940. The molecular weight excluding hydrogens is 378 g/mol. The van der Waals surface area contributed by atoms with Crippen LogP contribution in [0.25, 0.3) is 0 Å². The van der Waals surface area contributed by atoms with Crippen LogP contribution in [0.4, 0.5) is 0 Å². The van der Waals surface area contributed by atoms with Gasteiger partial charge in [0.15, 0.2) is 0 Å². The van der Waals surface area contributed by atoms with E-state index in [4.69, 9.17) is 0 Å². The maximum absolute atomic E-state index is 12.1. The van der Waals surface area contributed by atoms with E-state index in [0.717, 1.165) is 16.7 Å². The third-order valence-electron chi connectivity index (χ3n) is 4.23. The highest BCUT2D eigenvalue weighted by Gasteiger charge is 2.16. The number of rotatable bonds is 8. The van der Waals surface area contributed by atoms with E-state index in [2.05, 4.69) is 15.4 Å². The van der Waals surface area contributed by atoms with E-state index >= 15 is 0 Å². The SMILES string of the molecule is Cc1ccc(S(=O)(=O)NCC(=O)NCC(=O)N[C@@H](C)c2ccccc2C)cc1. The van der Waals surface area contributed by atoms with E-state index in [-0.39, 0.29) is 23.4 Å². The maximum atomic E-state index is 12.1. The summed E-state index contributed by atoms with van der Waals surface area (Å²) in [7, 11) is -3.78. The van der Waals surface area contributed by atoms with Crippen LogP contribution in [-0.2, 0) is 19.6 Å². The molecule has 0 unspecified atom stereocenters. The Hall–Kier alpha value is -2.71. The third kappa shape index (κ3) is 6.17. The quantitative estimate of drug-likeness (QED) is 0.622. The van der Waals surface area contributed by atoms with Crippen molar-refractivity contribution in [1.29, 1.82) is 0 Å². The molecule has 0 saturated carbocycles. The molecule has 1 atom stereocenters. The standard InChI is InChI=1S/C20H25N3O4S/c1-14-8-10-17(11-9-14)28(26,27)22-13-19(24)21-12-20(25)23-16(3)18-7-5-4-6-15(18)2/h4-11,16,22H,12-13H2,1-3H3,(H,21,24)(H,23,25)/t16-/m0/s1. The lowest BCUT2D eigenvalue weighted by atomic mass is 10.0. The molecule has 0 saturated heterocycles. The average molecular weight is 404 g/mol.